The van der Waals surface area contributed by atoms with Crippen molar-refractivity contribution in [2.75, 3.05) is 33.2 Å². The smallest absolute Gasteiger partial charge is 0.238 e. The molecule has 1 aliphatic heterocycles. The van der Waals surface area contributed by atoms with Crippen LogP contribution in [0.4, 0.5) is 0 Å². The van der Waals surface area contributed by atoms with Gasteiger partial charge in [-0.15, -0.1) is 0 Å². The number of carbonyl (C=O) groups is 1. The van der Waals surface area contributed by atoms with Crippen LogP contribution in [0.3, 0.4) is 0 Å². The number of hydrogen-bond donors (Lipinski definition) is 2. The van der Waals surface area contributed by atoms with E-state index in [1.165, 1.54) is 0 Å². The van der Waals surface area contributed by atoms with E-state index in [4.69, 9.17) is 0 Å². The van der Waals surface area contributed by atoms with Gasteiger partial charge in [-0.05, 0) is 12.1 Å². The lowest BCUT2D eigenvalue weighted by Gasteiger charge is -2.33. The van der Waals surface area contributed by atoms with Gasteiger partial charge in [-0.3, -0.25) is 9.69 Å². The van der Waals surface area contributed by atoms with E-state index in [1.807, 2.05) is 30.3 Å². The molecular weight excluding hydrogens is 238 g/mol. The number of piperazine rings is 1. The van der Waals surface area contributed by atoms with Crippen LogP contribution in [0.15, 0.2) is 30.3 Å². The zero-order chi connectivity index (χ0) is 13.5. The van der Waals surface area contributed by atoms with E-state index in [2.05, 4.69) is 27.4 Å². The number of hydrogen-bond acceptors (Lipinski definition) is 3. The maximum Gasteiger partial charge on any atom is 0.238 e. The number of carbonyl (C=O) groups excluding carboxylic acids is 1. The van der Waals surface area contributed by atoms with E-state index < -0.39 is 0 Å². The Labute approximate surface area is 114 Å². The molecule has 1 amide bonds. The number of likely N-dealkylation sites (N-methyl/N-ethyl adjacent to an activating group) is 1. The minimum atomic E-state index is -0.121. The Kier molecular flexibility index (Phi) is 4.96. The molecule has 4 nitrogen and oxygen atoms in total. The summed E-state index contributed by atoms with van der Waals surface area (Å²) in [6, 6.07) is 9.78. The Balaban J connectivity index is 1.97. The first-order valence-electron chi connectivity index (χ1n) is 6.51. The van der Waals surface area contributed by atoms with Crippen molar-refractivity contribution in [2.45, 2.75) is 6.04 Å². The van der Waals surface area contributed by atoms with Gasteiger partial charge in [0.25, 0.3) is 0 Å². The van der Waals surface area contributed by atoms with Crippen LogP contribution in [0.1, 0.15) is 5.56 Å². The minimum absolute atomic E-state index is 0.0497. The van der Waals surface area contributed by atoms with Crippen molar-refractivity contribution in [3.8, 4) is 11.8 Å². The van der Waals surface area contributed by atoms with E-state index >= 15 is 0 Å². The summed E-state index contributed by atoms with van der Waals surface area (Å²) < 4.78 is 0. The van der Waals surface area contributed by atoms with Crippen LogP contribution >= 0.6 is 0 Å². The zero-order valence-electron chi connectivity index (χ0n) is 11.1. The molecule has 0 spiro atoms. The predicted molar refractivity (Wildman–Crippen MR) is 75.6 cm³/mol. The molecule has 0 aliphatic carbocycles. The quantitative estimate of drug-likeness (QED) is 0.736. The summed E-state index contributed by atoms with van der Waals surface area (Å²) in [5, 5.41) is 5.94. The second-order valence-electron chi connectivity index (χ2n) is 4.47. The van der Waals surface area contributed by atoms with Crippen molar-refractivity contribution < 1.29 is 4.79 Å². The second-order valence-corrected chi connectivity index (χ2v) is 4.47. The highest BCUT2D eigenvalue weighted by Crippen LogP contribution is 2.03. The van der Waals surface area contributed by atoms with E-state index in [1.54, 1.807) is 7.05 Å². The van der Waals surface area contributed by atoms with Crippen molar-refractivity contribution >= 4 is 5.91 Å². The van der Waals surface area contributed by atoms with Gasteiger partial charge in [-0.25, -0.2) is 0 Å². The molecule has 1 unspecified atom stereocenters. The van der Waals surface area contributed by atoms with Gasteiger partial charge in [-0.1, -0.05) is 30.0 Å². The Bertz CT molecular complexity index is 475. The van der Waals surface area contributed by atoms with Gasteiger partial charge >= 0.3 is 0 Å². The van der Waals surface area contributed by atoms with Crippen LogP contribution in [0.5, 0.6) is 0 Å². The van der Waals surface area contributed by atoms with Gasteiger partial charge in [0.15, 0.2) is 0 Å². The largest absolute Gasteiger partial charge is 0.358 e. The third-order valence-corrected chi connectivity index (χ3v) is 3.19. The van der Waals surface area contributed by atoms with Gasteiger partial charge in [0, 0.05) is 32.2 Å². The van der Waals surface area contributed by atoms with Crippen LogP contribution < -0.4 is 10.6 Å². The highest BCUT2D eigenvalue weighted by molar-refractivity contribution is 5.81. The minimum Gasteiger partial charge on any atom is -0.358 e. The van der Waals surface area contributed by atoms with Crippen LogP contribution in [0.2, 0.25) is 0 Å². The fraction of sp³-hybridized carbons (Fsp3) is 0.400. The molecule has 1 aromatic carbocycles. The SMILES string of the molecule is CNC(=O)C1CNCCN1CC#Cc1ccccc1. The predicted octanol–water partition coefficient (Wildman–Crippen LogP) is 0.0579. The molecule has 1 fully saturated rings. The molecule has 1 atom stereocenters. The highest BCUT2D eigenvalue weighted by Gasteiger charge is 2.26. The summed E-state index contributed by atoms with van der Waals surface area (Å²) in [4.78, 5) is 13.9. The zero-order valence-corrected chi connectivity index (χ0v) is 11.1. The number of amides is 1. The normalized spacial score (nSPS) is 19.3. The molecule has 1 aliphatic rings. The monoisotopic (exact) mass is 257 g/mol. The summed E-state index contributed by atoms with van der Waals surface area (Å²) in [6.07, 6.45) is 0. The second kappa shape index (κ2) is 6.93. The van der Waals surface area contributed by atoms with Gasteiger partial charge in [-0.2, -0.15) is 0 Å². The molecule has 2 rings (SSSR count). The molecule has 0 radical (unpaired) electrons. The van der Waals surface area contributed by atoms with Crippen molar-refractivity contribution in [3.63, 3.8) is 0 Å². The standard InChI is InChI=1S/C15H19N3O/c1-16-15(19)14-12-17-9-11-18(14)10-5-8-13-6-3-2-4-7-13/h2-4,6-7,14,17H,9-12H2,1H3,(H,16,19). The fourth-order valence-electron chi connectivity index (χ4n) is 2.13. The molecule has 2 N–H and O–H groups in total. The third-order valence-electron chi connectivity index (χ3n) is 3.19. The third kappa shape index (κ3) is 3.82. The molecule has 100 valence electrons. The van der Waals surface area contributed by atoms with Crippen molar-refractivity contribution in [1.29, 1.82) is 0 Å². The summed E-state index contributed by atoms with van der Waals surface area (Å²) in [7, 11) is 1.67. The summed E-state index contributed by atoms with van der Waals surface area (Å²) in [6.45, 7) is 3.06. The van der Waals surface area contributed by atoms with Crippen molar-refractivity contribution in [3.05, 3.63) is 35.9 Å². The van der Waals surface area contributed by atoms with Crippen LogP contribution in [-0.4, -0.2) is 50.1 Å². The van der Waals surface area contributed by atoms with Gasteiger partial charge in [0.05, 0.1) is 6.54 Å². The van der Waals surface area contributed by atoms with Gasteiger partial charge in [0.1, 0.15) is 6.04 Å². The number of rotatable bonds is 2. The first-order chi connectivity index (χ1) is 9.31. The van der Waals surface area contributed by atoms with Crippen molar-refractivity contribution in [2.24, 2.45) is 0 Å². The van der Waals surface area contributed by atoms with E-state index in [0.29, 0.717) is 13.1 Å². The maximum absolute atomic E-state index is 11.8. The number of nitrogens with zero attached hydrogens (tertiary/aromatic N) is 1. The van der Waals surface area contributed by atoms with Crippen molar-refractivity contribution in [1.82, 2.24) is 15.5 Å². The number of benzene rings is 1. The lowest BCUT2D eigenvalue weighted by Crippen LogP contribution is -2.57. The molecule has 0 bridgehead atoms. The molecule has 0 saturated carbocycles. The molecule has 1 aromatic rings. The van der Waals surface area contributed by atoms with Gasteiger partial charge in [0.2, 0.25) is 5.91 Å². The Morgan fingerprint density at radius 2 is 2.26 bits per heavy atom. The molecule has 1 heterocycles. The summed E-state index contributed by atoms with van der Waals surface area (Å²) in [5.74, 6) is 6.32. The fourth-order valence-corrected chi connectivity index (χ4v) is 2.13. The molecule has 19 heavy (non-hydrogen) atoms. The molecule has 4 heteroatoms. The first kappa shape index (κ1) is 13.6. The Morgan fingerprint density at radius 3 is 3.00 bits per heavy atom. The summed E-state index contributed by atoms with van der Waals surface area (Å²) >= 11 is 0. The Hall–Kier alpha value is -1.83. The van der Waals surface area contributed by atoms with Crippen LogP contribution in [0.25, 0.3) is 0 Å². The summed E-state index contributed by atoms with van der Waals surface area (Å²) in [5.41, 5.74) is 1.01. The Morgan fingerprint density at radius 1 is 1.47 bits per heavy atom. The van der Waals surface area contributed by atoms with Gasteiger partial charge < -0.3 is 10.6 Å². The molecular formula is C15H19N3O. The van der Waals surface area contributed by atoms with Crippen LogP contribution in [-0.2, 0) is 4.79 Å². The topological polar surface area (TPSA) is 44.4 Å². The molecule has 0 aromatic heterocycles. The average molecular weight is 257 g/mol. The average Bonchev–Trinajstić information content (AvgIpc) is 2.48. The van der Waals surface area contributed by atoms with E-state index in [0.717, 1.165) is 18.7 Å². The number of nitrogens with one attached hydrogen (secondary N) is 2. The highest BCUT2D eigenvalue weighted by atomic mass is 16.2. The lowest BCUT2D eigenvalue weighted by atomic mass is 10.1. The van der Waals surface area contributed by atoms with Crippen LogP contribution in [0, 0.1) is 11.8 Å². The first-order valence-corrected chi connectivity index (χ1v) is 6.51. The van der Waals surface area contributed by atoms with E-state index in [-0.39, 0.29) is 11.9 Å². The van der Waals surface area contributed by atoms with E-state index in [9.17, 15) is 4.79 Å². The maximum atomic E-state index is 11.8. The lowest BCUT2D eigenvalue weighted by molar-refractivity contribution is -0.126. The molecule has 1 saturated heterocycles.